The van der Waals surface area contributed by atoms with Crippen molar-refractivity contribution in [3.05, 3.63) is 42.2 Å². The fourth-order valence-electron chi connectivity index (χ4n) is 3.65. The maximum absolute atomic E-state index is 13.2. The van der Waals surface area contributed by atoms with Gasteiger partial charge in [0.05, 0.1) is 12.0 Å². The molecule has 0 radical (unpaired) electrons. The first-order chi connectivity index (χ1) is 13.5. The van der Waals surface area contributed by atoms with Crippen LogP contribution in [0.1, 0.15) is 40.7 Å². The molecular formula is C19H22N6O3. The quantitative estimate of drug-likeness (QED) is 0.698. The van der Waals surface area contributed by atoms with Gasteiger partial charge in [-0.05, 0) is 43.9 Å². The van der Waals surface area contributed by atoms with E-state index in [1.54, 1.807) is 27.5 Å². The zero-order valence-corrected chi connectivity index (χ0v) is 15.5. The lowest BCUT2D eigenvalue weighted by Crippen LogP contribution is -2.45. The van der Waals surface area contributed by atoms with E-state index in [2.05, 4.69) is 9.97 Å². The Morgan fingerprint density at radius 2 is 2.21 bits per heavy atom. The van der Waals surface area contributed by atoms with Gasteiger partial charge in [0.25, 0.3) is 11.8 Å². The Kier molecular flexibility index (Phi) is 4.60. The highest BCUT2D eigenvalue weighted by molar-refractivity contribution is 5.99. The van der Waals surface area contributed by atoms with Crippen LogP contribution in [0.5, 0.6) is 0 Å². The van der Waals surface area contributed by atoms with E-state index in [9.17, 15) is 9.59 Å². The van der Waals surface area contributed by atoms with Gasteiger partial charge < -0.3 is 20.8 Å². The van der Waals surface area contributed by atoms with Crippen LogP contribution in [-0.2, 0) is 0 Å². The number of carbonyl (C=O) groups excluding carboxylic acids is 2. The van der Waals surface area contributed by atoms with Crippen LogP contribution < -0.4 is 11.5 Å². The molecule has 3 aromatic rings. The number of likely N-dealkylation sites (tertiary alicyclic amines) is 1. The van der Waals surface area contributed by atoms with Crippen molar-refractivity contribution in [2.24, 2.45) is 17.4 Å². The molecule has 4 heterocycles. The highest BCUT2D eigenvalue weighted by atomic mass is 16.3. The van der Waals surface area contributed by atoms with E-state index in [1.807, 2.05) is 6.92 Å². The Labute approximate surface area is 161 Å². The third kappa shape index (κ3) is 3.13. The van der Waals surface area contributed by atoms with Crippen LogP contribution >= 0.6 is 0 Å². The molecule has 9 heteroatoms. The van der Waals surface area contributed by atoms with Gasteiger partial charge in [0.1, 0.15) is 12.0 Å². The predicted molar refractivity (Wildman–Crippen MR) is 101 cm³/mol. The van der Waals surface area contributed by atoms with Gasteiger partial charge in [0, 0.05) is 19.1 Å². The van der Waals surface area contributed by atoms with E-state index in [4.69, 9.17) is 15.9 Å². The van der Waals surface area contributed by atoms with E-state index >= 15 is 0 Å². The molecule has 146 valence electrons. The van der Waals surface area contributed by atoms with Gasteiger partial charge >= 0.3 is 0 Å². The molecule has 2 unspecified atom stereocenters. The molecule has 9 nitrogen and oxygen atoms in total. The topological polar surface area (TPSA) is 133 Å². The molecule has 1 aliphatic heterocycles. The zero-order chi connectivity index (χ0) is 19.8. The fraction of sp³-hybridized carbons (Fsp3) is 0.368. The number of fused-ring (bicyclic) bond motifs is 1. The van der Waals surface area contributed by atoms with Crippen LogP contribution in [0.3, 0.4) is 0 Å². The molecule has 0 aromatic carbocycles. The molecule has 2 amide bonds. The summed E-state index contributed by atoms with van der Waals surface area (Å²) in [6.07, 6.45) is 4.87. The summed E-state index contributed by atoms with van der Waals surface area (Å²) in [6.45, 7) is 3.19. The molecular weight excluding hydrogens is 360 g/mol. The van der Waals surface area contributed by atoms with Crippen molar-refractivity contribution in [2.75, 3.05) is 13.1 Å². The molecule has 1 aliphatic rings. The molecule has 0 saturated carbocycles. The number of hydrogen-bond donors (Lipinski definition) is 2. The standard InChI is InChI=1S/C19H22N6O3/c1-11(20)12-4-2-6-24(9-12)19(27)13-8-14(15-5-3-7-28-15)25-10-22-16(17(21)26)18(25)23-13/h3,5,7-8,10-12H,2,4,6,9,20H2,1H3,(H2,21,26). The predicted octanol–water partition coefficient (Wildman–Crippen LogP) is 1.29. The average Bonchev–Trinajstić information content (AvgIpc) is 3.36. The minimum atomic E-state index is -0.708. The first kappa shape index (κ1) is 18.2. The van der Waals surface area contributed by atoms with Gasteiger partial charge in [-0.25, -0.2) is 9.97 Å². The van der Waals surface area contributed by atoms with Gasteiger partial charge in [0.15, 0.2) is 17.1 Å². The minimum Gasteiger partial charge on any atom is -0.463 e. The maximum Gasteiger partial charge on any atom is 0.272 e. The van der Waals surface area contributed by atoms with Crippen LogP contribution in [0.2, 0.25) is 0 Å². The smallest absolute Gasteiger partial charge is 0.272 e. The van der Waals surface area contributed by atoms with Crippen LogP contribution in [0.15, 0.2) is 35.2 Å². The van der Waals surface area contributed by atoms with Gasteiger partial charge in [-0.2, -0.15) is 0 Å². The Bertz CT molecular complexity index is 1020. The molecule has 3 aromatic heterocycles. The SMILES string of the molecule is CC(N)C1CCCN(C(=O)c2cc(-c3ccco3)n3cnc(C(N)=O)c3n2)C1. The largest absolute Gasteiger partial charge is 0.463 e. The van der Waals surface area contributed by atoms with Crippen molar-refractivity contribution in [3.8, 4) is 11.5 Å². The molecule has 2 atom stereocenters. The molecule has 1 fully saturated rings. The third-order valence-electron chi connectivity index (χ3n) is 5.22. The Balaban J connectivity index is 1.79. The molecule has 0 aliphatic carbocycles. The van der Waals surface area contributed by atoms with Gasteiger partial charge in [0.2, 0.25) is 0 Å². The maximum atomic E-state index is 13.2. The number of rotatable bonds is 4. The summed E-state index contributed by atoms with van der Waals surface area (Å²) < 4.78 is 7.09. The summed E-state index contributed by atoms with van der Waals surface area (Å²) in [5.74, 6) is -0.138. The second-order valence-corrected chi connectivity index (χ2v) is 7.17. The van der Waals surface area contributed by atoms with Gasteiger partial charge in [-0.15, -0.1) is 0 Å². The highest BCUT2D eigenvalue weighted by Gasteiger charge is 2.28. The van der Waals surface area contributed by atoms with Crippen molar-refractivity contribution >= 4 is 17.5 Å². The third-order valence-corrected chi connectivity index (χ3v) is 5.22. The lowest BCUT2D eigenvalue weighted by molar-refractivity contribution is 0.0655. The fourth-order valence-corrected chi connectivity index (χ4v) is 3.65. The van der Waals surface area contributed by atoms with Crippen LogP contribution in [0.4, 0.5) is 0 Å². The second-order valence-electron chi connectivity index (χ2n) is 7.17. The van der Waals surface area contributed by atoms with Crippen molar-refractivity contribution in [3.63, 3.8) is 0 Å². The number of primary amides is 1. The van der Waals surface area contributed by atoms with E-state index in [0.717, 1.165) is 12.8 Å². The van der Waals surface area contributed by atoms with Crippen LogP contribution in [0, 0.1) is 5.92 Å². The number of furan rings is 1. The molecule has 4 N–H and O–H groups in total. The van der Waals surface area contributed by atoms with E-state index in [0.29, 0.717) is 24.5 Å². The number of amides is 2. The molecule has 0 spiro atoms. The van der Waals surface area contributed by atoms with E-state index < -0.39 is 5.91 Å². The summed E-state index contributed by atoms with van der Waals surface area (Å²) in [5.41, 5.74) is 12.5. The molecule has 4 rings (SSSR count). The Hall–Kier alpha value is -3.20. The number of nitrogens with two attached hydrogens (primary N) is 2. The van der Waals surface area contributed by atoms with Gasteiger partial charge in [-0.1, -0.05) is 0 Å². The van der Waals surface area contributed by atoms with E-state index in [-0.39, 0.29) is 34.9 Å². The molecule has 1 saturated heterocycles. The summed E-state index contributed by atoms with van der Waals surface area (Å²) in [6, 6.07) is 5.17. The molecule has 28 heavy (non-hydrogen) atoms. The monoisotopic (exact) mass is 382 g/mol. The van der Waals surface area contributed by atoms with Crippen LogP contribution in [-0.4, -0.2) is 50.2 Å². The summed E-state index contributed by atoms with van der Waals surface area (Å²) in [5, 5.41) is 0. The first-order valence-electron chi connectivity index (χ1n) is 9.22. The first-order valence-corrected chi connectivity index (χ1v) is 9.22. The molecule has 0 bridgehead atoms. The van der Waals surface area contributed by atoms with Crippen LogP contribution in [0.25, 0.3) is 17.1 Å². The summed E-state index contributed by atoms with van der Waals surface area (Å²) in [4.78, 5) is 35.2. The Morgan fingerprint density at radius 1 is 1.39 bits per heavy atom. The number of piperidine rings is 1. The summed E-state index contributed by atoms with van der Waals surface area (Å²) in [7, 11) is 0. The lowest BCUT2D eigenvalue weighted by atomic mass is 9.92. The number of carbonyl (C=O) groups is 2. The Morgan fingerprint density at radius 3 is 2.89 bits per heavy atom. The van der Waals surface area contributed by atoms with E-state index in [1.165, 1.54) is 12.6 Å². The average molecular weight is 382 g/mol. The zero-order valence-electron chi connectivity index (χ0n) is 15.5. The number of imidazole rings is 1. The van der Waals surface area contributed by atoms with Crippen molar-refractivity contribution < 1.29 is 14.0 Å². The minimum absolute atomic E-state index is 0.00885. The number of hydrogen-bond acceptors (Lipinski definition) is 6. The van der Waals surface area contributed by atoms with Crippen molar-refractivity contribution in [2.45, 2.75) is 25.8 Å². The highest BCUT2D eigenvalue weighted by Crippen LogP contribution is 2.25. The second kappa shape index (κ2) is 7.08. The van der Waals surface area contributed by atoms with Gasteiger partial charge in [-0.3, -0.25) is 14.0 Å². The number of nitrogens with zero attached hydrogens (tertiary/aromatic N) is 4. The summed E-state index contributed by atoms with van der Waals surface area (Å²) >= 11 is 0. The van der Waals surface area contributed by atoms with Crippen molar-refractivity contribution in [1.82, 2.24) is 19.3 Å². The lowest BCUT2D eigenvalue weighted by Gasteiger charge is -2.34. The number of aromatic nitrogens is 3. The van der Waals surface area contributed by atoms with Crippen molar-refractivity contribution in [1.29, 1.82) is 0 Å². The normalized spacial score (nSPS) is 18.4.